The number of aromatic nitrogens is 1. The summed E-state index contributed by atoms with van der Waals surface area (Å²) in [6, 6.07) is 12.7. The molecule has 3 aromatic rings. The molecule has 5 nitrogen and oxygen atoms in total. The second-order valence-corrected chi connectivity index (χ2v) is 7.51. The Bertz CT molecular complexity index is 1010. The van der Waals surface area contributed by atoms with Crippen LogP contribution in [0.5, 0.6) is 5.88 Å². The Morgan fingerprint density at radius 2 is 1.93 bits per heavy atom. The van der Waals surface area contributed by atoms with Gasteiger partial charge in [0.25, 0.3) is 0 Å². The lowest BCUT2D eigenvalue weighted by molar-refractivity contribution is 0.253. The Labute approximate surface area is 170 Å². The number of aliphatic imine (C=N–C) groups is 1. The largest absolute Gasteiger partial charge is 0.494 e. The first kappa shape index (κ1) is 19.5. The van der Waals surface area contributed by atoms with Crippen LogP contribution in [-0.4, -0.2) is 53.9 Å². The topological polar surface area (TPSA) is 54.9 Å². The van der Waals surface area contributed by atoms with Crippen molar-refractivity contribution in [1.82, 2.24) is 9.88 Å². The second-order valence-electron chi connectivity index (χ2n) is 7.51. The minimum atomic E-state index is -0.259. The number of rotatable bonds is 6. The minimum absolute atomic E-state index is 0.0630. The molecular formula is C23H27FN4O. The molecule has 1 fully saturated rings. The molecule has 0 bridgehead atoms. The van der Waals surface area contributed by atoms with E-state index >= 15 is 0 Å². The van der Waals surface area contributed by atoms with E-state index in [4.69, 9.17) is 0 Å². The summed E-state index contributed by atoms with van der Waals surface area (Å²) in [6.45, 7) is 6.95. The molecule has 2 aromatic carbocycles. The van der Waals surface area contributed by atoms with Gasteiger partial charge in [-0.15, -0.1) is 0 Å². The SMILES string of the molecule is CCCCN1CCN(c2ccc(N=Cc3c(O)[nH]c4ccccc34)cc2F)CC1. The first-order chi connectivity index (χ1) is 14.2. The van der Waals surface area contributed by atoms with Gasteiger partial charge in [0, 0.05) is 49.4 Å². The van der Waals surface area contributed by atoms with Crippen molar-refractivity contribution in [3.05, 3.63) is 53.8 Å². The van der Waals surface area contributed by atoms with E-state index in [1.54, 1.807) is 12.3 Å². The van der Waals surface area contributed by atoms with Crippen LogP contribution in [-0.2, 0) is 0 Å². The van der Waals surface area contributed by atoms with Crippen LogP contribution in [0.3, 0.4) is 0 Å². The molecule has 29 heavy (non-hydrogen) atoms. The summed E-state index contributed by atoms with van der Waals surface area (Å²) in [5.74, 6) is -0.196. The van der Waals surface area contributed by atoms with E-state index < -0.39 is 0 Å². The summed E-state index contributed by atoms with van der Waals surface area (Å²) in [4.78, 5) is 11.9. The average molecular weight is 394 g/mol. The zero-order valence-electron chi connectivity index (χ0n) is 16.7. The molecule has 4 rings (SSSR count). The molecule has 0 amide bonds. The van der Waals surface area contributed by atoms with Gasteiger partial charge in [-0.25, -0.2) is 4.39 Å². The summed E-state index contributed by atoms with van der Waals surface area (Å²) in [7, 11) is 0. The van der Waals surface area contributed by atoms with Crippen molar-refractivity contribution in [2.24, 2.45) is 4.99 Å². The van der Waals surface area contributed by atoms with E-state index in [1.165, 1.54) is 18.9 Å². The van der Waals surface area contributed by atoms with Gasteiger partial charge < -0.3 is 15.0 Å². The fourth-order valence-corrected chi connectivity index (χ4v) is 3.85. The van der Waals surface area contributed by atoms with Gasteiger partial charge in [-0.1, -0.05) is 31.5 Å². The summed E-state index contributed by atoms with van der Waals surface area (Å²) >= 11 is 0. The van der Waals surface area contributed by atoms with Crippen molar-refractivity contribution in [2.45, 2.75) is 19.8 Å². The maximum atomic E-state index is 14.7. The molecule has 0 atom stereocenters. The lowest BCUT2D eigenvalue weighted by Gasteiger charge is -2.36. The third-order valence-electron chi connectivity index (χ3n) is 5.54. The van der Waals surface area contributed by atoms with Crippen LogP contribution in [0.25, 0.3) is 10.9 Å². The molecule has 0 spiro atoms. The van der Waals surface area contributed by atoms with Gasteiger partial charge >= 0.3 is 0 Å². The molecule has 0 unspecified atom stereocenters. The van der Waals surface area contributed by atoms with Crippen molar-refractivity contribution >= 4 is 28.5 Å². The van der Waals surface area contributed by atoms with E-state index in [9.17, 15) is 9.50 Å². The number of hydrogen-bond donors (Lipinski definition) is 2. The Morgan fingerprint density at radius 1 is 1.14 bits per heavy atom. The quantitative estimate of drug-likeness (QED) is 0.597. The number of hydrogen-bond acceptors (Lipinski definition) is 4. The van der Waals surface area contributed by atoms with E-state index in [0.717, 1.165) is 43.6 Å². The highest BCUT2D eigenvalue weighted by Gasteiger charge is 2.19. The summed E-state index contributed by atoms with van der Waals surface area (Å²) in [6.07, 6.45) is 4.00. The van der Waals surface area contributed by atoms with Gasteiger partial charge in [-0.2, -0.15) is 0 Å². The Hall–Kier alpha value is -2.86. The highest BCUT2D eigenvalue weighted by Crippen LogP contribution is 2.28. The fourth-order valence-electron chi connectivity index (χ4n) is 3.85. The summed E-state index contributed by atoms with van der Waals surface area (Å²) in [5.41, 5.74) is 2.60. The molecule has 2 N–H and O–H groups in total. The van der Waals surface area contributed by atoms with Crippen LogP contribution in [0.2, 0.25) is 0 Å². The number of fused-ring (bicyclic) bond motifs is 1. The number of piperazine rings is 1. The third kappa shape index (κ3) is 4.27. The standard InChI is InChI=1S/C23H27FN4O/c1-2-3-10-27-11-13-28(14-12-27)22-9-8-17(15-20(22)24)25-16-19-18-6-4-5-7-21(18)26-23(19)29/h4-9,15-16,26,29H,2-3,10-14H2,1H3. The predicted molar refractivity (Wildman–Crippen MR) is 117 cm³/mol. The minimum Gasteiger partial charge on any atom is -0.494 e. The van der Waals surface area contributed by atoms with Crippen molar-refractivity contribution in [1.29, 1.82) is 0 Å². The molecule has 1 aliphatic rings. The van der Waals surface area contributed by atoms with Crippen molar-refractivity contribution < 1.29 is 9.50 Å². The smallest absolute Gasteiger partial charge is 0.198 e. The first-order valence-corrected chi connectivity index (χ1v) is 10.3. The van der Waals surface area contributed by atoms with E-state index in [2.05, 4.69) is 26.7 Å². The van der Waals surface area contributed by atoms with Crippen LogP contribution in [0.4, 0.5) is 15.8 Å². The molecule has 6 heteroatoms. The van der Waals surface area contributed by atoms with Crippen LogP contribution in [0, 0.1) is 5.82 Å². The number of aromatic hydroxyl groups is 1. The number of anilines is 1. The summed E-state index contributed by atoms with van der Waals surface area (Å²) < 4.78 is 14.7. The number of para-hydroxylation sites is 1. The van der Waals surface area contributed by atoms with Crippen LogP contribution < -0.4 is 4.90 Å². The Balaban J connectivity index is 1.46. The van der Waals surface area contributed by atoms with Crippen molar-refractivity contribution in [3.8, 4) is 5.88 Å². The normalized spacial score (nSPS) is 15.6. The summed E-state index contributed by atoms with van der Waals surface area (Å²) in [5, 5.41) is 11.0. The van der Waals surface area contributed by atoms with E-state index in [0.29, 0.717) is 16.9 Å². The molecule has 2 heterocycles. The molecular weight excluding hydrogens is 367 g/mol. The van der Waals surface area contributed by atoms with Gasteiger partial charge in [-0.05, 0) is 31.2 Å². The van der Waals surface area contributed by atoms with Crippen LogP contribution in [0.1, 0.15) is 25.3 Å². The molecule has 0 radical (unpaired) electrons. The highest BCUT2D eigenvalue weighted by atomic mass is 19.1. The number of aromatic amines is 1. The molecule has 1 aromatic heterocycles. The van der Waals surface area contributed by atoms with Gasteiger partial charge in [0.05, 0.1) is 16.9 Å². The highest BCUT2D eigenvalue weighted by molar-refractivity contribution is 6.02. The molecule has 1 saturated heterocycles. The zero-order valence-corrected chi connectivity index (χ0v) is 16.7. The maximum Gasteiger partial charge on any atom is 0.198 e. The second kappa shape index (κ2) is 8.66. The zero-order chi connectivity index (χ0) is 20.2. The number of nitrogens with one attached hydrogen (secondary N) is 1. The Kier molecular flexibility index (Phi) is 5.81. The van der Waals surface area contributed by atoms with Gasteiger partial charge in [-0.3, -0.25) is 9.89 Å². The number of unbranched alkanes of at least 4 members (excludes halogenated alkanes) is 1. The number of H-pyrrole nitrogens is 1. The van der Waals surface area contributed by atoms with E-state index in [-0.39, 0.29) is 11.7 Å². The Morgan fingerprint density at radius 3 is 2.69 bits per heavy atom. The molecule has 0 saturated carbocycles. The third-order valence-corrected chi connectivity index (χ3v) is 5.54. The fraction of sp³-hybridized carbons (Fsp3) is 0.348. The monoisotopic (exact) mass is 394 g/mol. The number of halogens is 1. The lowest BCUT2D eigenvalue weighted by atomic mass is 10.2. The number of nitrogens with zero attached hydrogens (tertiary/aromatic N) is 3. The molecule has 0 aliphatic carbocycles. The van der Waals surface area contributed by atoms with Gasteiger partial charge in [0.15, 0.2) is 5.88 Å². The van der Waals surface area contributed by atoms with Gasteiger partial charge in [0.2, 0.25) is 0 Å². The van der Waals surface area contributed by atoms with E-state index in [1.807, 2.05) is 30.3 Å². The molecule has 152 valence electrons. The number of benzene rings is 2. The van der Waals surface area contributed by atoms with Crippen LogP contribution in [0.15, 0.2) is 47.5 Å². The average Bonchev–Trinajstić information content (AvgIpc) is 3.06. The lowest BCUT2D eigenvalue weighted by Crippen LogP contribution is -2.46. The maximum absolute atomic E-state index is 14.7. The van der Waals surface area contributed by atoms with Gasteiger partial charge in [0.1, 0.15) is 5.82 Å². The van der Waals surface area contributed by atoms with Crippen molar-refractivity contribution in [2.75, 3.05) is 37.6 Å². The molecule has 1 aliphatic heterocycles. The predicted octanol–water partition coefficient (Wildman–Crippen LogP) is 4.69. The van der Waals surface area contributed by atoms with Crippen molar-refractivity contribution in [3.63, 3.8) is 0 Å². The van der Waals surface area contributed by atoms with Crippen LogP contribution >= 0.6 is 0 Å². The first-order valence-electron chi connectivity index (χ1n) is 10.3.